The molecule has 0 aliphatic carbocycles. The SMILES string of the molecule is Cn1nnc2c1CCN(Cc1cccnc1)C2COCc1ccccc1. The highest BCUT2D eigenvalue weighted by Crippen LogP contribution is 2.29. The Morgan fingerprint density at radius 1 is 1.12 bits per heavy atom. The first-order valence-corrected chi connectivity index (χ1v) is 8.94. The molecule has 3 heterocycles. The van der Waals surface area contributed by atoms with Crippen molar-refractivity contribution in [2.24, 2.45) is 7.05 Å². The van der Waals surface area contributed by atoms with E-state index >= 15 is 0 Å². The van der Waals surface area contributed by atoms with E-state index in [2.05, 4.69) is 38.4 Å². The van der Waals surface area contributed by atoms with Gasteiger partial charge < -0.3 is 4.74 Å². The minimum absolute atomic E-state index is 0.108. The molecule has 0 saturated carbocycles. The summed E-state index contributed by atoms with van der Waals surface area (Å²) in [6.07, 6.45) is 4.68. The molecule has 134 valence electrons. The number of pyridine rings is 1. The number of benzene rings is 1. The lowest BCUT2D eigenvalue weighted by molar-refractivity contribution is 0.0389. The van der Waals surface area contributed by atoms with Crippen LogP contribution in [0.3, 0.4) is 0 Å². The maximum atomic E-state index is 6.06. The van der Waals surface area contributed by atoms with Gasteiger partial charge in [0, 0.05) is 39.0 Å². The Balaban J connectivity index is 1.49. The second-order valence-electron chi connectivity index (χ2n) is 6.64. The zero-order valence-electron chi connectivity index (χ0n) is 15.0. The zero-order valence-corrected chi connectivity index (χ0v) is 15.0. The van der Waals surface area contributed by atoms with Crippen molar-refractivity contribution >= 4 is 0 Å². The molecule has 1 aliphatic heterocycles. The Bertz CT molecular complexity index is 834. The fraction of sp³-hybridized carbons (Fsp3) is 0.350. The molecular formula is C20H23N5O. The van der Waals surface area contributed by atoms with Crippen LogP contribution in [-0.2, 0) is 31.4 Å². The number of hydrogen-bond donors (Lipinski definition) is 0. The lowest BCUT2D eigenvalue weighted by atomic mass is 10.0. The molecule has 1 atom stereocenters. The molecule has 6 heteroatoms. The Hall–Kier alpha value is -2.57. The summed E-state index contributed by atoms with van der Waals surface area (Å²) in [5.74, 6) is 0. The highest BCUT2D eigenvalue weighted by molar-refractivity contribution is 5.20. The first-order chi connectivity index (χ1) is 12.8. The average molecular weight is 349 g/mol. The molecule has 3 aromatic rings. The number of nitrogens with zero attached hydrogens (tertiary/aromatic N) is 5. The van der Waals surface area contributed by atoms with Crippen LogP contribution in [0.1, 0.15) is 28.6 Å². The molecule has 0 amide bonds. The van der Waals surface area contributed by atoms with Gasteiger partial charge in [-0.15, -0.1) is 5.10 Å². The monoisotopic (exact) mass is 349 g/mol. The number of hydrogen-bond acceptors (Lipinski definition) is 5. The number of ether oxygens (including phenoxy) is 1. The lowest BCUT2D eigenvalue weighted by Gasteiger charge is -2.34. The van der Waals surface area contributed by atoms with Gasteiger partial charge in [0.05, 0.1) is 24.9 Å². The van der Waals surface area contributed by atoms with E-state index in [0.29, 0.717) is 13.2 Å². The van der Waals surface area contributed by atoms with Gasteiger partial charge in [0.1, 0.15) is 5.69 Å². The van der Waals surface area contributed by atoms with Gasteiger partial charge in [0.15, 0.2) is 0 Å². The van der Waals surface area contributed by atoms with Crippen LogP contribution < -0.4 is 0 Å². The van der Waals surface area contributed by atoms with Crippen molar-refractivity contribution in [3.63, 3.8) is 0 Å². The Morgan fingerprint density at radius 3 is 2.77 bits per heavy atom. The van der Waals surface area contributed by atoms with Gasteiger partial charge in [-0.3, -0.25) is 14.6 Å². The molecule has 0 spiro atoms. The van der Waals surface area contributed by atoms with Crippen molar-refractivity contribution in [3.05, 3.63) is 77.4 Å². The van der Waals surface area contributed by atoms with Gasteiger partial charge in [-0.1, -0.05) is 41.6 Å². The fourth-order valence-corrected chi connectivity index (χ4v) is 3.48. The third kappa shape index (κ3) is 3.66. The third-order valence-corrected chi connectivity index (χ3v) is 4.86. The normalized spacial score (nSPS) is 17.2. The van der Waals surface area contributed by atoms with E-state index in [1.807, 2.05) is 42.2 Å². The molecule has 0 radical (unpaired) electrons. The first-order valence-electron chi connectivity index (χ1n) is 8.94. The van der Waals surface area contributed by atoms with E-state index in [-0.39, 0.29) is 6.04 Å². The number of rotatable bonds is 6. The standard InChI is InChI=1S/C20H23N5O/c1-24-18-9-11-25(13-17-8-5-10-21-12-17)19(20(18)22-23-24)15-26-14-16-6-3-2-4-7-16/h2-8,10,12,19H,9,11,13-15H2,1H3. The predicted octanol–water partition coefficient (Wildman–Crippen LogP) is 2.53. The van der Waals surface area contributed by atoms with Gasteiger partial charge in [0.2, 0.25) is 0 Å². The summed E-state index contributed by atoms with van der Waals surface area (Å²) in [5, 5.41) is 8.66. The van der Waals surface area contributed by atoms with Crippen LogP contribution in [0.4, 0.5) is 0 Å². The van der Waals surface area contributed by atoms with Crippen molar-refractivity contribution in [1.29, 1.82) is 0 Å². The van der Waals surface area contributed by atoms with Gasteiger partial charge in [-0.25, -0.2) is 0 Å². The summed E-state index contributed by atoms with van der Waals surface area (Å²) >= 11 is 0. The molecule has 1 aromatic carbocycles. The van der Waals surface area contributed by atoms with Gasteiger partial charge in [0.25, 0.3) is 0 Å². The highest BCUT2D eigenvalue weighted by Gasteiger charge is 2.31. The van der Waals surface area contributed by atoms with Crippen LogP contribution in [0.2, 0.25) is 0 Å². The van der Waals surface area contributed by atoms with Crippen LogP contribution >= 0.6 is 0 Å². The minimum Gasteiger partial charge on any atom is -0.375 e. The average Bonchev–Trinajstić information content (AvgIpc) is 3.06. The van der Waals surface area contributed by atoms with Crippen LogP contribution in [0, 0.1) is 0 Å². The van der Waals surface area contributed by atoms with Crippen molar-refractivity contribution in [2.75, 3.05) is 13.2 Å². The topological polar surface area (TPSA) is 56.1 Å². The van der Waals surface area contributed by atoms with Crippen LogP contribution in [0.5, 0.6) is 0 Å². The molecule has 0 saturated heterocycles. The van der Waals surface area contributed by atoms with Crippen LogP contribution in [0.25, 0.3) is 0 Å². The van der Waals surface area contributed by atoms with E-state index in [1.54, 1.807) is 6.20 Å². The molecule has 1 unspecified atom stereocenters. The predicted molar refractivity (Wildman–Crippen MR) is 98.2 cm³/mol. The molecule has 0 bridgehead atoms. The number of aryl methyl sites for hydroxylation is 1. The number of aromatic nitrogens is 4. The molecule has 4 rings (SSSR count). The van der Waals surface area contributed by atoms with E-state index in [9.17, 15) is 0 Å². The zero-order chi connectivity index (χ0) is 17.8. The Labute approximate surface area is 153 Å². The van der Waals surface area contributed by atoms with Crippen molar-refractivity contribution < 1.29 is 4.74 Å². The molecule has 6 nitrogen and oxygen atoms in total. The Kier molecular flexibility index (Phi) is 5.04. The third-order valence-electron chi connectivity index (χ3n) is 4.86. The molecule has 0 fully saturated rings. The first kappa shape index (κ1) is 16.9. The summed E-state index contributed by atoms with van der Waals surface area (Å²) in [7, 11) is 1.96. The maximum Gasteiger partial charge on any atom is 0.105 e. The second kappa shape index (κ2) is 7.76. The Morgan fingerprint density at radius 2 is 1.96 bits per heavy atom. The highest BCUT2D eigenvalue weighted by atomic mass is 16.5. The molecular weight excluding hydrogens is 326 g/mol. The lowest BCUT2D eigenvalue weighted by Crippen LogP contribution is -2.38. The summed E-state index contributed by atoms with van der Waals surface area (Å²) in [4.78, 5) is 6.65. The fourth-order valence-electron chi connectivity index (χ4n) is 3.48. The second-order valence-corrected chi connectivity index (χ2v) is 6.64. The van der Waals surface area contributed by atoms with E-state index in [4.69, 9.17) is 4.74 Å². The van der Waals surface area contributed by atoms with Gasteiger partial charge in [-0.2, -0.15) is 0 Å². The van der Waals surface area contributed by atoms with Crippen LogP contribution in [-0.4, -0.2) is 38.0 Å². The van der Waals surface area contributed by atoms with Crippen molar-refractivity contribution in [3.8, 4) is 0 Å². The summed E-state index contributed by atoms with van der Waals surface area (Å²) in [6, 6.07) is 14.5. The largest absolute Gasteiger partial charge is 0.375 e. The summed E-state index contributed by atoms with van der Waals surface area (Å²) in [5.41, 5.74) is 4.63. The van der Waals surface area contributed by atoms with E-state index in [0.717, 1.165) is 25.2 Å². The maximum absolute atomic E-state index is 6.06. The number of fused-ring (bicyclic) bond motifs is 1. The quantitative estimate of drug-likeness (QED) is 0.684. The van der Waals surface area contributed by atoms with E-state index in [1.165, 1.54) is 16.8 Å². The molecule has 2 aromatic heterocycles. The molecule has 26 heavy (non-hydrogen) atoms. The minimum atomic E-state index is 0.108. The smallest absolute Gasteiger partial charge is 0.105 e. The summed E-state index contributed by atoms with van der Waals surface area (Å²) < 4.78 is 7.95. The van der Waals surface area contributed by atoms with Crippen LogP contribution in [0.15, 0.2) is 54.9 Å². The molecule has 1 aliphatic rings. The van der Waals surface area contributed by atoms with Gasteiger partial charge in [-0.05, 0) is 17.2 Å². The van der Waals surface area contributed by atoms with Crippen molar-refractivity contribution in [1.82, 2.24) is 24.9 Å². The van der Waals surface area contributed by atoms with E-state index < -0.39 is 0 Å². The van der Waals surface area contributed by atoms with Gasteiger partial charge >= 0.3 is 0 Å². The van der Waals surface area contributed by atoms with Crippen molar-refractivity contribution in [2.45, 2.75) is 25.6 Å². The molecule has 0 N–H and O–H groups in total. The summed E-state index contributed by atoms with van der Waals surface area (Å²) in [6.45, 7) is 3.00.